The molecule has 30 heavy (non-hydrogen) atoms. The summed E-state index contributed by atoms with van der Waals surface area (Å²) in [5, 5.41) is 9.42. The van der Waals surface area contributed by atoms with Gasteiger partial charge in [0, 0.05) is 17.1 Å². The molecule has 0 radical (unpaired) electrons. The minimum Gasteiger partial charge on any atom is -0.384 e. The molecule has 3 heterocycles. The van der Waals surface area contributed by atoms with Crippen LogP contribution in [-0.4, -0.2) is 35.4 Å². The Labute approximate surface area is 189 Å². The predicted molar refractivity (Wildman–Crippen MR) is 121 cm³/mol. The van der Waals surface area contributed by atoms with Gasteiger partial charge >= 0.3 is 0 Å². The third-order valence-electron chi connectivity index (χ3n) is 5.15. The van der Waals surface area contributed by atoms with E-state index in [1.54, 1.807) is 13.0 Å². The average molecular weight is 470 g/mol. The highest BCUT2D eigenvalue weighted by atomic mass is 35.5. The number of amides is 2. The van der Waals surface area contributed by atoms with Crippen molar-refractivity contribution in [1.82, 2.24) is 20.9 Å². The molecule has 0 saturated carbocycles. The fraction of sp³-hybridized carbons (Fsp3) is 0.450. The number of nitrogens with two attached hydrogens (primary N) is 1. The first-order valence-corrected chi connectivity index (χ1v) is 11.3. The predicted octanol–water partition coefficient (Wildman–Crippen LogP) is 2.68. The molecule has 1 aliphatic rings. The summed E-state index contributed by atoms with van der Waals surface area (Å²) in [6.45, 7) is 4.57. The smallest absolute Gasteiger partial charge is 0.242 e. The Morgan fingerprint density at radius 3 is 2.83 bits per heavy atom. The summed E-state index contributed by atoms with van der Waals surface area (Å²) < 4.78 is 0.594. The second kappa shape index (κ2) is 9.96. The molecule has 0 aromatic carbocycles. The van der Waals surface area contributed by atoms with E-state index in [0.29, 0.717) is 34.1 Å². The van der Waals surface area contributed by atoms with E-state index in [-0.39, 0.29) is 17.9 Å². The van der Waals surface area contributed by atoms with Crippen molar-refractivity contribution in [3.05, 3.63) is 43.7 Å². The van der Waals surface area contributed by atoms with Crippen molar-refractivity contribution < 1.29 is 9.59 Å². The van der Waals surface area contributed by atoms with Crippen molar-refractivity contribution in [3.8, 4) is 0 Å². The van der Waals surface area contributed by atoms with E-state index in [1.165, 1.54) is 11.3 Å². The van der Waals surface area contributed by atoms with Gasteiger partial charge in [0.15, 0.2) is 0 Å². The molecule has 0 spiro atoms. The van der Waals surface area contributed by atoms with Crippen molar-refractivity contribution >= 4 is 52.2 Å². The number of hydrogen-bond acceptors (Lipinski definition) is 6. The molecule has 3 rings (SSSR count). The number of nitrogens with one attached hydrogen (secondary N) is 3. The first-order chi connectivity index (χ1) is 14.2. The molecule has 162 valence electrons. The molecular formula is C20H25Cl2N5O2S. The van der Waals surface area contributed by atoms with Crippen LogP contribution in [0.1, 0.15) is 29.5 Å². The fourth-order valence-electron chi connectivity index (χ4n) is 3.45. The van der Waals surface area contributed by atoms with Gasteiger partial charge in [-0.15, -0.1) is 11.3 Å². The maximum atomic E-state index is 12.6. The van der Waals surface area contributed by atoms with Gasteiger partial charge in [-0.05, 0) is 56.8 Å². The van der Waals surface area contributed by atoms with Gasteiger partial charge < -0.3 is 21.7 Å². The number of nitrogens with zero attached hydrogens (tertiary/aromatic N) is 1. The third kappa shape index (κ3) is 5.85. The van der Waals surface area contributed by atoms with E-state index in [2.05, 4.69) is 20.9 Å². The van der Waals surface area contributed by atoms with Crippen LogP contribution in [0.4, 0.5) is 5.82 Å². The molecular weight excluding hydrogens is 445 g/mol. The fourth-order valence-corrected chi connectivity index (χ4v) is 5.00. The Morgan fingerprint density at radius 1 is 1.40 bits per heavy atom. The number of rotatable bonds is 7. The Balaban J connectivity index is 1.45. The van der Waals surface area contributed by atoms with Crippen LogP contribution in [0.15, 0.2) is 18.2 Å². The molecule has 1 fully saturated rings. The van der Waals surface area contributed by atoms with Gasteiger partial charge in [0.2, 0.25) is 11.8 Å². The molecule has 7 nitrogen and oxygen atoms in total. The molecule has 1 saturated heterocycles. The molecule has 0 bridgehead atoms. The highest BCUT2D eigenvalue weighted by molar-refractivity contribution is 7.16. The minimum absolute atomic E-state index is 0.173. The van der Waals surface area contributed by atoms with Crippen LogP contribution >= 0.6 is 34.5 Å². The van der Waals surface area contributed by atoms with Crippen LogP contribution in [0.2, 0.25) is 9.36 Å². The normalized spacial score (nSPS) is 19.5. The van der Waals surface area contributed by atoms with E-state index in [9.17, 15) is 9.59 Å². The average Bonchev–Trinajstić information content (AvgIpc) is 3.27. The monoisotopic (exact) mass is 469 g/mol. The van der Waals surface area contributed by atoms with Crippen molar-refractivity contribution in [2.24, 2.45) is 5.92 Å². The first-order valence-electron chi connectivity index (χ1n) is 9.70. The maximum absolute atomic E-state index is 12.6. The van der Waals surface area contributed by atoms with Gasteiger partial charge in [0.05, 0.1) is 11.1 Å². The molecule has 1 aliphatic heterocycles. The van der Waals surface area contributed by atoms with Gasteiger partial charge in [-0.25, -0.2) is 4.98 Å². The highest BCUT2D eigenvalue weighted by Gasteiger charge is 2.31. The zero-order chi connectivity index (χ0) is 21.8. The van der Waals surface area contributed by atoms with Crippen molar-refractivity contribution in [2.75, 3.05) is 12.3 Å². The van der Waals surface area contributed by atoms with Crippen LogP contribution in [0, 0.1) is 12.8 Å². The lowest BCUT2D eigenvalue weighted by atomic mass is 10.0. The van der Waals surface area contributed by atoms with Crippen molar-refractivity contribution in [2.45, 2.75) is 45.3 Å². The van der Waals surface area contributed by atoms with E-state index < -0.39 is 6.04 Å². The number of pyridine rings is 1. The summed E-state index contributed by atoms with van der Waals surface area (Å²) in [6, 6.07) is 4.44. The molecule has 2 aromatic rings. The molecule has 0 unspecified atom stereocenters. The van der Waals surface area contributed by atoms with Crippen molar-refractivity contribution in [3.63, 3.8) is 0 Å². The number of aromatic nitrogens is 1. The standard InChI is InChI=1S/C20H25Cl2N5O2S/c1-10-13(3-4-17(23)26-10)9-25-19(28)11(2)27-20(29)16-6-12(8-24-16)5-14-7-15(21)18(22)30-14/h3-4,7,11-12,16,24H,5-6,8-9H2,1-2H3,(H2,23,26)(H,25,28)(H,27,29)/t11-,12-,16+/m0/s1. The van der Waals surface area contributed by atoms with E-state index in [1.807, 2.05) is 19.1 Å². The number of nitrogen functional groups attached to an aromatic ring is 1. The first kappa shape index (κ1) is 22.8. The summed E-state index contributed by atoms with van der Waals surface area (Å²) in [7, 11) is 0. The van der Waals surface area contributed by atoms with Crippen LogP contribution in [0.3, 0.4) is 0 Å². The van der Waals surface area contributed by atoms with Crippen molar-refractivity contribution in [1.29, 1.82) is 0 Å². The summed E-state index contributed by atoms with van der Waals surface area (Å²) >= 11 is 13.5. The van der Waals surface area contributed by atoms with Gasteiger partial charge in [-0.3, -0.25) is 9.59 Å². The van der Waals surface area contributed by atoms with E-state index >= 15 is 0 Å². The second-order valence-electron chi connectivity index (χ2n) is 7.53. The van der Waals surface area contributed by atoms with Crippen LogP contribution in [0.5, 0.6) is 0 Å². The lowest BCUT2D eigenvalue weighted by Crippen LogP contribution is -2.50. The summed E-state index contributed by atoms with van der Waals surface area (Å²) in [5.74, 6) is 0.331. The van der Waals surface area contributed by atoms with Gasteiger partial charge in [0.25, 0.3) is 0 Å². The van der Waals surface area contributed by atoms with Gasteiger partial charge in [0.1, 0.15) is 16.2 Å². The Bertz CT molecular complexity index is 916. The largest absolute Gasteiger partial charge is 0.384 e. The molecule has 0 aliphatic carbocycles. The number of aryl methyl sites for hydroxylation is 1. The Kier molecular flexibility index (Phi) is 7.57. The molecule has 3 atom stereocenters. The lowest BCUT2D eigenvalue weighted by Gasteiger charge is -2.17. The minimum atomic E-state index is -0.643. The van der Waals surface area contributed by atoms with Crippen LogP contribution in [-0.2, 0) is 22.6 Å². The molecule has 5 N–H and O–H groups in total. The van der Waals surface area contributed by atoms with E-state index in [4.69, 9.17) is 28.9 Å². The topological polar surface area (TPSA) is 109 Å². The Hall–Kier alpha value is -1.87. The lowest BCUT2D eigenvalue weighted by molar-refractivity contribution is -0.129. The third-order valence-corrected chi connectivity index (χ3v) is 7.03. The summed E-state index contributed by atoms with van der Waals surface area (Å²) in [4.78, 5) is 30.2. The Morgan fingerprint density at radius 2 is 2.17 bits per heavy atom. The quantitative estimate of drug-likeness (QED) is 0.498. The number of carbonyl (C=O) groups excluding carboxylic acids is 2. The van der Waals surface area contributed by atoms with E-state index in [0.717, 1.165) is 29.1 Å². The molecule has 2 aromatic heterocycles. The van der Waals surface area contributed by atoms with Crippen LogP contribution in [0.25, 0.3) is 0 Å². The summed E-state index contributed by atoms with van der Waals surface area (Å²) in [6.07, 6.45) is 1.52. The highest BCUT2D eigenvalue weighted by Crippen LogP contribution is 2.34. The second-order valence-corrected chi connectivity index (χ2v) is 9.68. The zero-order valence-corrected chi connectivity index (χ0v) is 19.1. The summed E-state index contributed by atoms with van der Waals surface area (Å²) in [5.41, 5.74) is 7.29. The van der Waals surface area contributed by atoms with Crippen LogP contribution < -0.4 is 21.7 Å². The number of thiophene rings is 1. The SMILES string of the molecule is Cc1nc(N)ccc1CNC(=O)[C@H](C)NC(=O)[C@H]1C[C@H](Cc2cc(Cl)c(Cl)s2)CN1. The molecule has 10 heteroatoms. The van der Waals surface area contributed by atoms with Gasteiger partial charge in [-0.2, -0.15) is 0 Å². The van der Waals surface area contributed by atoms with Gasteiger partial charge in [-0.1, -0.05) is 29.3 Å². The molecule has 2 amide bonds. The number of anilines is 1. The number of carbonyl (C=O) groups is 2. The number of hydrogen-bond donors (Lipinski definition) is 4. The maximum Gasteiger partial charge on any atom is 0.242 e. The zero-order valence-electron chi connectivity index (χ0n) is 16.8. The number of halogens is 2.